The molecule has 1 N–H and O–H groups in total. The Morgan fingerprint density at radius 3 is 2.94 bits per heavy atom. The van der Waals surface area contributed by atoms with Crippen LogP contribution in [-0.2, 0) is 17.8 Å². The first-order valence-corrected chi connectivity index (χ1v) is 15.7. The van der Waals surface area contributed by atoms with Crippen LogP contribution in [0, 0.1) is 0 Å². The highest BCUT2D eigenvalue weighted by molar-refractivity contribution is 8.77. The van der Waals surface area contributed by atoms with Crippen LogP contribution in [0.4, 0.5) is 0 Å². The van der Waals surface area contributed by atoms with Crippen LogP contribution in [0.5, 0.6) is 0 Å². The Labute approximate surface area is 216 Å². The molecule has 1 fully saturated rings. The number of benzene rings is 1. The number of unbranched alkanes of at least 4 members (excludes halogenated alkanes) is 5. The maximum atomic E-state index is 12.0. The second-order valence-electron chi connectivity index (χ2n) is 9.34. The van der Waals surface area contributed by atoms with Crippen LogP contribution in [0.15, 0.2) is 23.2 Å². The minimum atomic E-state index is 0.225. The third-order valence-corrected chi connectivity index (χ3v) is 9.87. The van der Waals surface area contributed by atoms with Crippen LogP contribution in [0.3, 0.4) is 0 Å². The van der Waals surface area contributed by atoms with E-state index < -0.39 is 0 Å². The number of nitrogens with one attached hydrogen (secondary N) is 1. The molecule has 1 unspecified atom stereocenters. The Hall–Kier alpha value is -1.18. The highest BCUT2D eigenvalue weighted by atomic mass is 35.5. The van der Waals surface area contributed by atoms with Gasteiger partial charge in [-0.15, -0.1) is 0 Å². The van der Waals surface area contributed by atoms with Crippen LogP contribution >= 0.6 is 33.2 Å². The molecule has 1 saturated heterocycles. The van der Waals surface area contributed by atoms with E-state index in [-0.39, 0.29) is 5.91 Å². The molecule has 1 amide bonds. The van der Waals surface area contributed by atoms with Gasteiger partial charge in [0, 0.05) is 53.9 Å². The van der Waals surface area contributed by atoms with Gasteiger partial charge in [-0.1, -0.05) is 58.9 Å². The van der Waals surface area contributed by atoms with Gasteiger partial charge in [-0.05, 0) is 56.7 Å². The Bertz CT molecular complexity index is 1020. The lowest BCUT2D eigenvalue weighted by Gasteiger charge is -2.09. The van der Waals surface area contributed by atoms with Gasteiger partial charge in [0.15, 0.2) is 0 Å². The van der Waals surface area contributed by atoms with Crippen molar-refractivity contribution in [1.82, 2.24) is 14.9 Å². The number of fused-ring (bicyclic) bond motifs is 2. The van der Waals surface area contributed by atoms with Gasteiger partial charge in [-0.3, -0.25) is 9.79 Å². The van der Waals surface area contributed by atoms with E-state index in [1.54, 1.807) is 0 Å². The SMILES string of the molecule is O=C(CCCCC1CCSS1)NCCCCCCCN=c1c2ccc(Cl)cc2nc2n1CCC2. The molecule has 2 aliphatic heterocycles. The molecule has 1 aromatic heterocycles. The van der Waals surface area contributed by atoms with E-state index in [0.29, 0.717) is 6.42 Å². The summed E-state index contributed by atoms with van der Waals surface area (Å²) in [5.41, 5.74) is 2.02. The highest BCUT2D eigenvalue weighted by Gasteiger charge is 2.16. The summed E-state index contributed by atoms with van der Waals surface area (Å²) < 4.78 is 2.28. The largest absolute Gasteiger partial charge is 0.356 e. The van der Waals surface area contributed by atoms with Crippen LogP contribution in [-0.4, -0.2) is 39.6 Å². The van der Waals surface area contributed by atoms with Gasteiger partial charge < -0.3 is 9.88 Å². The molecule has 34 heavy (non-hydrogen) atoms. The fourth-order valence-corrected chi connectivity index (χ4v) is 7.93. The first kappa shape index (κ1) is 25.9. The lowest BCUT2D eigenvalue weighted by Crippen LogP contribution is -2.24. The Balaban J connectivity index is 1.09. The molecule has 186 valence electrons. The quantitative estimate of drug-likeness (QED) is 0.248. The lowest BCUT2D eigenvalue weighted by atomic mass is 10.1. The molecule has 0 spiro atoms. The summed E-state index contributed by atoms with van der Waals surface area (Å²) in [7, 11) is 4.03. The zero-order valence-electron chi connectivity index (χ0n) is 20.1. The maximum Gasteiger partial charge on any atom is 0.219 e. The average molecular weight is 521 g/mol. The highest BCUT2D eigenvalue weighted by Crippen LogP contribution is 2.39. The van der Waals surface area contributed by atoms with Crippen molar-refractivity contribution in [2.75, 3.05) is 18.8 Å². The fraction of sp³-hybridized carbons (Fsp3) is 0.654. The number of nitrogens with zero attached hydrogens (tertiary/aromatic N) is 3. The number of halogens is 1. The second kappa shape index (κ2) is 13.8. The van der Waals surface area contributed by atoms with Gasteiger partial charge in [0.2, 0.25) is 5.91 Å². The smallest absolute Gasteiger partial charge is 0.219 e. The van der Waals surface area contributed by atoms with Crippen molar-refractivity contribution in [1.29, 1.82) is 0 Å². The van der Waals surface area contributed by atoms with Crippen molar-refractivity contribution in [3.8, 4) is 0 Å². The van der Waals surface area contributed by atoms with E-state index in [0.717, 1.165) is 90.6 Å². The third kappa shape index (κ3) is 7.66. The number of amides is 1. The molecule has 0 bridgehead atoms. The summed E-state index contributed by atoms with van der Waals surface area (Å²) in [6.07, 6.45) is 13.3. The number of carbonyl (C=O) groups excluding carboxylic acids is 1. The lowest BCUT2D eigenvalue weighted by molar-refractivity contribution is -0.121. The molecule has 1 aromatic carbocycles. The molecule has 0 saturated carbocycles. The van der Waals surface area contributed by atoms with E-state index >= 15 is 0 Å². The Morgan fingerprint density at radius 2 is 2.06 bits per heavy atom. The molecule has 5 nitrogen and oxygen atoms in total. The molecular weight excluding hydrogens is 484 g/mol. The summed E-state index contributed by atoms with van der Waals surface area (Å²) in [5.74, 6) is 2.65. The summed E-state index contributed by atoms with van der Waals surface area (Å²) in [5, 5.41) is 5.74. The van der Waals surface area contributed by atoms with Gasteiger partial charge in [0.25, 0.3) is 0 Å². The minimum Gasteiger partial charge on any atom is -0.356 e. The predicted molar refractivity (Wildman–Crippen MR) is 147 cm³/mol. The summed E-state index contributed by atoms with van der Waals surface area (Å²) in [6, 6.07) is 5.93. The topological polar surface area (TPSA) is 59.3 Å². The number of carbonyl (C=O) groups is 1. The third-order valence-electron chi connectivity index (χ3n) is 6.63. The van der Waals surface area contributed by atoms with E-state index in [4.69, 9.17) is 21.6 Å². The van der Waals surface area contributed by atoms with Gasteiger partial charge in [0.1, 0.15) is 11.3 Å². The molecule has 4 rings (SSSR count). The molecule has 0 aliphatic carbocycles. The van der Waals surface area contributed by atoms with E-state index in [1.165, 1.54) is 37.9 Å². The van der Waals surface area contributed by atoms with E-state index in [1.807, 2.05) is 33.7 Å². The summed E-state index contributed by atoms with van der Waals surface area (Å²) in [4.78, 5) is 21.8. The van der Waals surface area contributed by atoms with Crippen molar-refractivity contribution < 1.29 is 4.79 Å². The first-order chi connectivity index (χ1) is 16.7. The van der Waals surface area contributed by atoms with Crippen LogP contribution in [0.2, 0.25) is 5.02 Å². The van der Waals surface area contributed by atoms with E-state index in [2.05, 4.69) is 16.0 Å². The molecule has 8 heteroatoms. The Morgan fingerprint density at radius 1 is 1.18 bits per heavy atom. The van der Waals surface area contributed by atoms with Gasteiger partial charge in [-0.25, -0.2) is 4.98 Å². The van der Waals surface area contributed by atoms with E-state index in [9.17, 15) is 4.79 Å². The van der Waals surface area contributed by atoms with Crippen LogP contribution in [0.25, 0.3) is 10.9 Å². The number of hydrogen-bond donors (Lipinski definition) is 1. The van der Waals surface area contributed by atoms with Gasteiger partial charge in [-0.2, -0.15) is 0 Å². The monoisotopic (exact) mass is 520 g/mol. The van der Waals surface area contributed by atoms with Crippen LogP contribution < -0.4 is 10.8 Å². The zero-order valence-corrected chi connectivity index (χ0v) is 22.5. The maximum absolute atomic E-state index is 12.0. The molecule has 3 heterocycles. The Kier molecular flexibility index (Phi) is 10.5. The molecule has 2 aromatic rings. The molecule has 1 atom stereocenters. The summed E-state index contributed by atoms with van der Waals surface area (Å²) in [6.45, 7) is 2.66. The number of hydrogen-bond acceptors (Lipinski definition) is 5. The zero-order chi connectivity index (χ0) is 23.6. The molecule has 0 radical (unpaired) electrons. The number of rotatable bonds is 13. The normalized spacial score (nSPS) is 18.0. The van der Waals surface area contributed by atoms with Crippen molar-refractivity contribution >= 4 is 50.0 Å². The van der Waals surface area contributed by atoms with Gasteiger partial charge in [0.05, 0.1) is 5.52 Å². The number of aromatic nitrogens is 2. The predicted octanol–water partition coefficient (Wildman–Crippen LogP) is 6.32. The summed E-state index contributed by atoms with van der Waals surface area (Å²) >= 11 is 6.19. The average Bonchev–Trinajstić information content (AvgIpc) is 3.52. The van der Waals surface area contributed by atoms with Crippen LogP contribution in [0.1, 0.15) is 76.5 Å². The fourth-order valence-electron chi connectivity index (χ4n) is 4.74. The minimum absolute atomic E-state index is 0.225. The van der Waals surface area contributed by atoms with Crippen molar-refractivity contribution in [3.05, 3.63) is 34.5 Å². The molecule has 2 aliphatic rings. The van der Waals surface area contributed by atoms with Crippen molar-refractivity contribution in [2.45, 2.75) is 88.8 Å². The standard InChI is InChI=1S/C26H37ClN4OS2/c27-20-12-13-22-23(19-20)30-24-10-8-17-31(24)26(22)29-16-7-3-1-2-6-15-28-25(32)11-5-4-9-21-14-18-33-34-21/h12-13,19,21H,1-11,14-18H2,(H,28,32). The van der Waals surface area contributed by atoms with Crippen molar-refractivity contribution in [3.63, 3.8) is 0 Å². The number of aryl methyl sites for hydroxylation is 1. The first-order valence-electron chi connectivity index (χ1n) is 12.9. The second-order valence-corrected chi connectivity index (χ2v) is 12.6. The van der Waals surface area contributed by atoms with Crippen molar-refractivity contribution in [2.24, 2.45) is 4.99 Å². The molecular formula is C26H37ClN4OS2. The van der Waals surface area contributed by atoms with Gasteiger partial charge >= 0.3 is 0 Å².